The Morgan fingerprint density at radius 3 is 2.73 bits per heavy atom. The SMILES string of the molecule is CCOC(=O)c1ccc(N2CCNCC2Oc2cc(Cl)ccc2Cl)cc1. The minimum Gasteiger partial charge on any atom is -0.468 e. The summed E-state index contributed by atoms with van der Waals surface area (Å²) < 4.78 is 11.1. The maximum atomic E-state index is 11.8. The fourth-order valence-electron chi connectivity index (χ4n) is 2.80. The second kappa shape index (κ2) is 8.62. The number of carbonyl (C=O) groups excluding carboxylic acids is 1. The average molecular weight is 395 g/mol. The van der Waals surface area contributed by atoms with Crippen molar-refractivity contribution in [2.75, 3.05) is 31.1 Å². The number of esters is 1. The van der Waals surface area contributed by atoms with E-state index in [0.717, 1.165) is 18.8 Å². The number of halogens is 2. The van der Waals surface area contributed by atoms with E-state index in [0.29, 0.717) is 34.5 Å². The molecule has 7 heteroatoms. The zero-order valence-corrected chi connectivity index (χ0v) is 15.9. The molecule has 1 heterocycles. The van der Waals surface area contributed by atoms with Crippen molar-refractivity contribution in [1.29, 1.82) is 0 Å². The Labute approximate surface area is 162 Å². The van der Waals surface area contributed by atoms with Gasteiger partial charge in [-0.15, -0.1) is 0 Å². The molecule has 1 aliphatic heterocycles. The van der Waals surface area contributed by atoms with Crippen LogP contribution in [0.25, 0.3) is 0 Å². The molecule has 0 bridgehead atoms. The van der Waals surface area contributed by atoms with E-state index in [9.17, 15) is 4.79 Å². The number of carbonyl (C=O) groups is 1. The summed E-state index contributed by atoms with van der Waals surface area (Å²) in [6, 6.07) is 12.5. The quantitative estimate of drug-likeness (QED) is 0.777. The second-order valence-corrected chi connectivity index (χ2v) is 6.66. The smallest absolute Gasteiger partial charge is 0.338 e. The van der Waals surface area contributed by atoms with Crippen LogP contribution >= 0.6 is 23.2 Å². The molecule has 138 valence electrons. The first kappa shape index (κ1) is 18.8. The molecule has 0 radical (unpaired) electrons. The van der Waals surface area contributed by atoms with Crippen molar-refractivity contribution in [3.05, 3.63) is 58.1 Å². The lowest BCUT2D eigenvalue weighted by molar-refractivity contribution is 0.0526. The first-order valence-corrected chi connectivity index (χ1v) is 9.20. The fraction of sp³-hybridized carbons (Fsp3) is 0.316. The van der Waals surface area contributed by atoms with Gasteiger partial charge in [0.2, 0.25) is 0 Å². The van der Waals surface area contributed by atoms with Crippen LogP contribution in [0.15, 0.2) is 42.5 Å². The van der Waals surface area contributed by atoms with Crippen molar-refractivity contribution in [3.63, 3.8) is 0 Å². The maximum Gasteiger partial charge on any atom is 0.338 e. The molecular weight excluding hydrogens is 375 g/mol. The molecule has 0 aromatic heterocycles. The van der Waals surface area contributed by atoms with Gasteiger partial charge in [-0.05, 0) is 43.3 Å². The number of nitrogens with zero attached hydrogens (tertiary/aromatic N) is 1. The summed E-state index contributed by atoms with van der Waals surface area (Å²) in [5, 5.41) is 4.40. The lowest BCUT2D eigenvalue weighted by atomic mass is 10.1. The maximum absolute atomic E-state index is 11.8. The third-order valence-electron chi connectivity index (χ3n) is 4.06. The van der Waals surface area contributed by atoms with Gasteiger partial charge in [-0.3, -0.25) is 0 Å². The van der Waals surface area contributed by atoms with Crippen LogP contribution < -0.4 is 15.0 Å². The van der Waals surface area contributed by atoms with E-state index < -0.39 is 0 Å². The summed E-state index contributed by atoms with van der Waals surface area (Å²) in [6.07, 6.45) is -0.242. The van der Waals surface area contributed by atoms with Crippen LogP contribution in [0.2, 0.25) is 10.0 Å². The summed E-state index contributed by atoms with van der Waals surface area (Å²) >= 11 is 12.3. The van der Waals surface area contributed by atoms with Crippen LogP contribution in [0.5, 0.6) is 5.75 Å². The first-order valence-electron chi connectivity index (χ1n) is 8.44. The third-order valence-corrected chi connectivity index (χ3v) is 4.61. The number of anilines is 1. The molecule has 0 amide bonds. The van der Waals surface area contributed by atoms with Gasteiger partial charge in [0.1, 0.15) is 5.75 Å². The highest BCUT2D eigenvalue weighted by Crippen LogP contribution is 2.30. The zero-order chi connectivity index (χ0) is 18.5. The number of piperazine rings is 1. The minimum absolute atomic E-state index is 0.242. The standard InChI is InChI=1S/C19H20Cl2N2O3/c1-2-25-19(24)13-3-6-15(7-4-13)23-10-9-22-12-18(23)26-17-11-14(20)5-8-16(17)21/h3-8,11,18,22H,2,9-10,12H2,1H3. The Hall–Kier alpha value is -1.95. The lowest BCUT2D eigenvalue weighted by Crippen LogP contribution is -2.54. The molecule has 1 N–H and O–H groups in total. The number of ether oxygens (including phenoxy) is 2. The number of hydrogen-bond acceptors (Lipinski definition) is 5. The van der Waals surface area contributed by atoms with Gasteiger partial charge in [-0.25, -0.2) is 4.79 Å². The van der Waals surface area contributed by atoms with E-state index in [1.165, 1.54) is 0 Å². The predicted octanol–water partition coefficient (Wildman–Crippen LogP) is 3.98. The van der Waals surface area contributed by atoms with Crippen LogP contribution in [0.1, 0.15) is 17.3 Å². The first-order chi connectivity index (χ1) is 12.6. The number of nitrogens with one attached hydrogen (secondary N) is 1. The van der Waals surface area contributed by atoms with E-state index in [4.69, 9.17) is 32.7 Å². The van der Waals surface area contributed by atoms with Gasteiger partial charge in [-0.2, -0.15) is 0 Å². The van der Waals surface area contributed by atoms with Crippen molar-refractivity contribution < 1.29 is 14.3 Å². The highest BCUT2D eigenvalue weighted by molar-refractivity contribution is 6.34. The highest BCUT2D eigenvalue weighted by Gasteiger charge is 2.25. The van der Waals surface area contributed by atoms with Gasteiger partial charge >= 0.3 is 5.97 Å². The van der Waals surface area contributed by atoms with Crippen LogP contribution in [0.3, 0.4) is 0 Å². The minimum atomic E-state index is -0.321. The van der Waals surface area contributed by atoms with E-state index in [1.807, 2.05) is 12.1 Å². The van der Waals surface area contributed by atoms with Crippen LogP contribution in [0.4, 0.5) is 5.69 Å². The van der Waals surface area contributed by atoms with Gasteiger partial charge in [0.25, 0.3) is 0 Å². The van der Waals surface area contributed by atoms with Crippen molar-refractivity contribution in [1.82, 2.24) is 5.32 Å². The zero-order valence-electron chi connectivity index (χ0n) is 14.4. The molecule has 1 unspecified atom stereocenters. The molecule has 0 aliphatic carbocycles. The number of hydrogen-bond donors (Lipinski definition) is 1. The molecule has 5 nitrogen and oxygen atoms in total. The van der Waals surface area contributed by atoms with Crippen molar-refractivity contribution in [2.24, 2.45) is 0 Å². The Bertz CT molecular complexity index is 768. The highest BCUT2D eigenvalue weighted by atomic mass is 35.5. The molecule has 1 saturated heterocycles. The van der Waals surface area contributed by atoms with E-state index >= 15 is 0 Å². The van der Waals surface area contributed by atoms with Gasteiger partial charge < -0.3 is 19.7 Å². The summed E-state index contributed by atoms with van der Waals surface area (Å²) in [6.45, 7) is 4.39. The monoisotopic (exact) mass is 394 g/mol. The van der Waals surface area contributed by atoms with E-state index in [1.54, 1.807) is 37.3 Å². The van der Waals surface area contributed by atoms with Gasteiger partial charge in [-0.1, -0.05) is 23.2 Å². The molecule has 26 heavy (non-hydrogen) atoms. The summed E-state index contributed by atoms with van der Waals surface area (Å²) in [5.41, 5.74) is 1.49. The second-order valence-electron chi connectivity index (χ2n) is 5.81. The number of benzene rings is 2. The molecule has 3 rings (SSSR count). The molecule has 0 saturated carbocycles. The van der Waals surface area contributed by atoms with Crippen LogP contribution in [0, 0.1) is 0 Å². The normalized spacial score (nSPS) is 17.0. The van der Waals surface area contributed by atoms with Gasteiger partial charge in [0.05, 0.1) is 23.7 Å². The van der Waals surface area contributed by atoms with Crippen molar-refractivity contribution in [2.45, 2.75) is 13.2 Å². The van der Waals surface area contributed by atoms with Crippen LogP contribution in [-0.2, 0) is 4.74 Å². The summed E-state index contributed by atoms with van der Waals surface area (Å²) in [5.74, 6) is 0.221. The Morgan fingerprint density at radius 1 is 1.23 bits per heavy atom. The predicted molar refractivity (Wildman–Crippen MR) is 103 cm³/mol. The molecule has 2 aromatic rings. The third kappa shape index (κ3) is 4.41. The lowest BCUT2D eigenvalue weighted by Gasteiger charge is -2.37. The van der Waals surface area contributed by atoms with Crippen LogP contribution in [-0.4, -0.2) is 38.4 Å². The molecule has 0 spiro atoms. The van der Waals surface area contributed by atoms with Crippen molar-refractivity contribution >= 4 is 34.9 Å². The molecular formula is C19H20Cl2N2O3. The topological polar surface area (TPSA) is 50.8 Å². The van der Waals surface area contributed by atoms with Gasteiger partial charge in [0.15, 0.2) is 6.23 Å². The molecule has 1 atom stereocenters. The molecule has 2 aromatic carbocycles. The fourth-order valence-corrected chi connectivity index (χ4v) is 3.12. The average Bonchev–Trinajstić information content (AvgIpc) is 2.65. The Balaban J connectivity index is 1.78. The summed E-state index contributed by atoms with van der Waals surface area (Å²) in [4.78, 5) is 13.9. The number of rotatable bonds is 5. The Kier molecular flexibility index (Phi) is 6.25. The largest absolute Gasteiger partial charge is 0.468 e. The van der Waals surface area contributed by atoms with Crippen molar-refractivity contribution in [3.8, 4) is 5.75 Å². The summed E-state index contributed by atoms with van der Waals surface area (Å²) in [7, 11) is 0. The van der Waals surface area contributed by atoms with E-state index in [2.05, 4.69) is 10.2 Å². The molecule has 1 aliphatic rings. The van der Waals surface area contributed by atoms with E-state index in [-0.39, 0.29) is 12.2 Å². The Morgan fingerprint density at radius 2 is 2.00 bits per heavy atom. The molecule has 1 fully saturated rings. The van der Waals surface area contributed by atoms with Gasteiger partial charge in [0, 0.05) is 29.9 Å².